The molecule has 8 N–H and O–H groups in total. The molecule has 0 bridgehead atoms. The van der Waals surface area contributed by atoms with Gasteiger partial charge in [0.25, 0.3) is 11.8 Å². The van der Waals surface area contributed by atoms with Crippen molar-refractivity contribution >= 4 is 45.4 Å². The molecule has 58 heavy (non-hydrogen) atoms. The van der Waals surface area contributed by atoms with Gasteiger partial charge in [-0.3, -0.25) is 19.2 Å². The third-order valence-corrected chi connectivity index (χ3v) is 10.4. The topological polar surface area (TPSA) is 188 Å². The summed E-state index contributed by atoms with van der Waals surface area (Å²) in [7, 11) is 0. The van der Waals surface area contributed by atoms with Crippen molar-refractivity contribution in [1.82, 2.24) is 31.2 Å². The van der Waals surface area contributed by atoms with Crippen LogP contribution in [0.25, 0.3) is 21.8 Å². The van der Waals surface area contributed by atoms with Crippen LogP contribution in [0.4, 0.5) is 0 Å². The van der Waals surface area contributed by atoms with Gasteiger partial charge in [-0.2, -0.15) is 0 Å². The van der Waals surface area contributed by atoms with E-state index in [4.69, 9.17) is 0 Å². The Hall–Kier alpha value is -6.24. The highest BCUT2D eigenvalue weighted by molar-refractivity contribution is 6.01. The molecule has 12 nitrogen and oxygen atoms in total. The lowest BCUT2D eigenvalue weighted by molar-refractivity contribution is -0.129. The van der Waals surface area contributed by atoms with Gasteiger partial charge < -0.3 is 41.4 Å². The fourth-order valence-electron chi connectivity index (χ4n) is 7.17. The molecule has 0 saturated heterocycles. The molecule has 2 heterocycles. The van der Waals surface area contributed by atoms with Crippen LogP contribution in [-0.4, -0.2) is 80.2 Å². The van der Waals surface area contributed by atoms with Crippen molar-refractivity contribution in [1.29, 1.82) is 0 Å². The van der Waals surface area contributed by atoms with Gasteiger partial charge in [0.05, 0.1) is 12.1 Å². The fourth-order valence-corrected chi connectivity index (χ4v) is 7.17. The number of aliphatic hydroxyl groups is 2. The average molecular weight is 785 g/mol. The molecule has 0 spiro atoms. The quantitative estimate of drug-likeness (QED) is 0.0640. The van der Waals surface area contributed by atoms with E-state index in [0.717, 1.165) is 32.9 Å². The van der Waals surface area contributed by atoms with Crippen LogP contribution in [0.2, 0.25) is 0 Å². The number of aromatic nitrogens is 2. The summed E-state index contributed by atoms with van der Waals surface area (Å²) >= 11 is 0. The van der Waals surface area contributed by atoms with Crippen LogP contribution >= 0.6 is 0 Å². The van der Waals surface area contributed by atoms with Gasteiger partial charge in [-0.15, -0.1) is 0 Å². The molecule has 12 heteroatoms. The van der Waals surface area contributed by atoms with Gasteiger partial charge in [0.1, 0.15) is 35.7 Å². The second kappa shape index (κ2) is 18.8. The monoisotopic (exact) mass is 784 g/mol. The number of rotatable bonds is 17. The van der Waals surface area contributed by atoms with Gasteiger partial charge in [0, 0.05) is 21.8 Å². The van der Waals surface area contributed by atoms with Gasteiger partial charge in [-0.25, -0.2) is 0 Å². The summed E-state index contributed by atoms with van der Waals surface area (Å²) in [5.74, 6) is -2.71. The van der Waals surface area contributed by atoms with E-state index in [1.165, 1.54) is 0 Å². The molecule has 4 amide bonds. The molecule has 4 aromatic carbocycles. The number of carbonyl (C=O) groups is 4. The lowest BCUT2D eigenvalue weighted by Crippen LogP contribution is -2.61. The first kappa shape index (κ1) is 41.4. The Morgan fingerprint density at radius 3 is 1.19 bits per heavy atom. The molecule has 0 aliphatic carbocycles. The molecular weight excluding hydrogens is 733 g/mol. The Morgan fingerprint density at radius 1 is 0.500 bits per heavy atom. The van der Waals surface area contributed by atoms with Gasteiger partial charge in [-0.1, -0.05) is 125 Å². The second-order valence-corrected chi connectivity index (χ2v) is 15.5. The maximum absolute atomic E-state index is 14.1. The molecule has 0 saturated carbocycles. The lowest BCUT2D eigenvalue weighted by atomic mass is 9.90. The fraction of sp³-hybridized carbons (Fsp3) is 0.304. The van der Waals surface area contributed by atoms with E-state index in [0.29, 0.717) is 11.4 Å². The van der Waals surface area contributed by atoms with Gasteiger partial charge >= 0.3 is 0 Å². The molecule has 0 aliphatic rings. The Labute approximate surface area is 337 Å². The number of hydrogen-bond donors (Lipinski definition) is 8. The molecule has 6 atom stereocenters. The minimum Gasteiger partial charge on any atom is -0.388 e. The number of aromatic amines is 2. The minimum absolute atomic E-state index is 0.132. The summed E-state index contributed by atoms with van der Waals surface area (Å²) in [6.45, 7) is 7.23. The lowest BCUT2D eigenvalue weighted by Gasteiger charge is -2.35. The number of nitrogens with one attached hydrogen (secondary N) is 6. The van der Waals surface area contributed by atoms with Crippen LogP contribution in [0.15, 0.2) is 121 Å². The molecule has 0 radical (unpaired) electrons. The first-order valence-corrected chi connectivity index (χ1v) is 19.7. The van der Waals surface area contributed by atoms with Crippen molar-refractivity contribution < 1.29 is 29.4 Å². The maximum atomic E-state index is 14.1. The zero-order valence-electron chi connectivity index (χ0n) is 33.1. The van der Waals surface area contributed by atoms with E-state index >= 15 is 0 Å². The number of benzene rings is 4. The smallest absolute Gasteiger partial charge is 0.268 e. The summed E-state index contributed by atoms with van der Waals surface area (Å²) in [6.07, 6.45) is -2.91. The third-order valence-electron chi connectivity index (χ3n) is 10.4. The van der Waals surface area contributed by atoms with Crippen molar-refractivity contribution in [3.05, 3.63) is 144 Å². The van der Waals surface area contributed by atoms with E-state index in [2.05, 4.69) is 31.2 Å². The molecule has 2 aromatic heterocycles. The van der Waals surface area contributed by atoms with Crippen molar-refractivity contribution in [2.45, 2.75) is 76.9 Å². The first-order chi connectivity index (χ1) is 27.9. The van der Waals surface area contributed by atoms with E-state index in [-0.39, 0.29) is 24.7 Å². The molecule has 0 unspecified atom stereocenters. The van der Waals surface area contributed by atoms with Gasteiger partial charge in [-0.05, 0) is 60.1 Å². The maximum Gasteiger partial charge on any atom is 0.268 e. The average Bonchev–Trinajstić information content (AvgIpc) is 3.86. The Morgan fingerprint density at radius 2 is 0.845 bits per heavy atom. The summed E-state index contributed by atoms with van der Waals surface area (Å²) in [4.78, 5) is 61.2. The Bertz CT molecular complexity index is 2090. The molecule has 6 aromatic rings. The van der Waals surface area contributed by atoms with Crippen LogP contribution < -0.4 is 21.3 Å². The SMILES string of the molecule is CC(C)[C@H](NC(=O)c1cc2ccccc2[nH]1)C(=O)N[C@@H](Cc1ccccc1)[C@H](O)[C@@H](O)[C@H](Cc1ccccc1)NC(=O)[C@@H](NC(=O)c1cc2ccccc2[nH]1)C(C)C. The highest BCUT2D eigenvalue weighted by Gasteiger charge is 2.38. The van der Waals surface area contributed by atoms with Crippen molar-refractivity contribution in [3.8, 4) is 0 Å². The molecule has 0 fully saturated rings. The van der Waals surface area contributed by atoms with E-state index in [1.54, 1.807) is 39.8 Å². The second-order valence-electron chi connectivity index (χ2n) is 15.5. The van der Waals surface area contributed by atoms with Crippen LogP contribution in [0.5, 0.6) is 0 Å². The highest BCUT2D eigenvalue weighted by atomic mass is 16.3. The summed E-state index contributed by atoms with van der Waals surface area (Å²) in [6, 6.07) is 32.8. The van der Waals surface area contributed by atoms with E-state index in [1.807, 2.05) is 109 Å². The van der Waals surface area contributed by atoms with Crippen LogP contribution in [0.1, 0.15) is 59.8 Å². The van der Waals surface area contributed by atoms with Crippen molar-refractivity contribution in [2.24, 2.45) is 11.8 Å². The first-order valence-electron chi connectivity index (χ1n) is 19.7. The van der Waals surface area contributed by atoms with Crippen LogP contribution in [0, 0.1) is 11.8 Å². The van der Waals surface area contributed by atoms with E-state index < -0.39 is 60.0 Å². The molecule has 302 valence electrons. The predicted octanol–water partition coefficient (Wildman–Crippen LogP) is 5.04. The Kier molecular flexibility index (Phi) is 13.4. The normalized spacial score (nSPS) is 14.7. The molecular formula is C46H52N6O6. The van der Waals surface area contributed by atoms with Gasteiger partial charge in [0.2, 0.25) is 11.8 Å². The zero-order valence-corrected chi connectivity index (χ0v) is 33.1. The summed E-state index contributed by atoms with van der Waals surface area (Å²) in [5, 5.41) is 37.3. The standard InChI is InChI=1S/C46H52N6O6/c1-27(2)39(51-43(55)37-25-31-19-11-13-21-33(31)47-37)45(57)49-35(23-29-15-7-5-8-16-29)41(53)42(54)36(24-30-17-9-6-10-18-30)50-46(58)40(28(3)4)52-44(56)38-26-32-20-12-14-22-34(32)48-38/h5-22,25-28,35-36,39-42,47-48,53-54H,23-24H2,1-4H3,(H,49,57)(H,50,58)(H,51,55)(H,52,56)/t35-,36-,39-,40-,41-,42-/m0/s1. The number of carbonyl (C=O) groups excluding carboxylic acids is 4. The summed E-state index contributed by atoms with van der Waals surface area (Å²) in [5.41, 5.74) is 3.73. The van der Waals surface area contributed by atoms with Crippen molar-refractivity contribution in [3.63, 3.8) is 0 Å². The number of hydrogen-bond acceptors (Lipinski definition) is 6. The van der Waals surface area contributed by atoms with E-state index in [9.17, 15) is 29.4 Å². The number of H-pyrrole nitrogens is 2. The molecule has 6 rings (SSSR count). The van der Waals surface area contributed by atoms with Crippen molar-refractivity contribution in [2.75, 3.05) is 0 Å². The number of aliphatic hydroxyl groups excluding tert-OH is 2. The zero-order chi connectivity index (χ0) is 41.3. The summed E-state index contributed by atoms with van der Waals surface area (Å²) < 4.78 is 0. The van der Waals surface area contributed by atoms with Gasteiger partial charge in [0.15, 0.2) is 0 Å². The number of fused-ring (bicyclic) bond motifs is 2. The molecule has 0 aliphatic heterocycles. The Balaban J connectivity index is 1.23. The largest absolute Gasteiger partial charge is 0.388 e. The highest BCUT2D eigenvalue weighted by Crippen LogP contribution is 2.19. The predicted molar refractivity (Wildman–Crippen MR) is 225 cm³/mol. The number of amides is 4. The van der Waals surface area contributed by atoms with Crippen LogP contribution in [-0.2, 0) is 22.4 Å². The third kappa shape index (κ3) is 10.2. The number of para-hydroxylation sites is 2. The van der Waals surface area contributed by atoms with Crippen LogP contribution in [0.3, 0.4) is 0 Å². The minimum atomic E-state index is -1.59.